The third-order valence-corrected chi connectivity index (χ3v) is 14.7. The van der Waals surface area contributed by atoms with E-state index < -0.39 is 0 Å². The fourth-order valence-corrected chi connectivity index (χ4v) is 12.3. The Balaban J connectivity index is 1.08. The maximum Gasteiger partial charge on any atom is 0.143 e. The molecule has 0 unspecified atom stereocenters. The maximum atomic E-state index is 6.84. The maximum absolute atomic E-state index is 6.84. The van der Waals surface area contributed by atoms with Gasteiger partial charge < -0.3 is 4.42 Å². The fourth-order valence-electron chi connectivity index (χ4n) is 9.75. The van der Waals surface area contributed by atoms with Gasteiger partial charge in [-0.1, -0.05) is 170 Å². The topological polar surface area (TPSA) is 13.1 Å². The minimum atomic E-state index is 0.916. The molecule has 3 aromatic heterocycles. The van der Waals surface area contributed by atoms with Crippen LogP contribution in [0.4, 0.5) is 0 Å². The molecule has 274 valence electrons. The molecule has 0 bridgehead atoms. The number of hydrogen-bond donors (Lipinski definition) is 0. The third kappa shape index (κ3) is 4.83. The van der Waals surface area contributed by atoms with E-state index in [1.165, 1.54) is 106 Å². The zero-order valence-corrected chi connectivity index (χ0v) is 33.3. The van der Waals surface area contributed by atoms with E-state index in [2.05, 4.69) is 194 Å². The van der Waals surface area contributed by atoms with E-state index >= 15 is 0 Å². The van der Waals surface area contributed by atoms with E-state index in [-0.39, 0.29) is 0 Å². The molecule has 13 aromatic rings. The number of hydrogen-bond acceptors (Lipinski definition) is 3. The summed E-state index contributed by atoms with van der Waals surface area (Å²) in [7, 11) is 0. The smallest absolute Gasteiger partial charge is 0.143 e. The Bertz CT molecular complexity index is 3770. The normalized spacial score (nSPS) is 12.1. The zero-order valence-electron chi connectivity index (χ0n) is 31.7. The SMILES string of the molecule is c1ccc(-c2sc3c(ccc4sc5ccc(-c6c7ccccc7c(-c7cccc8c7oc7ccc9ccccc9c78)c7ccccc67)cc5c43)c2-c2ccccc2)cc1. The summed E-state index contributed by atoms with van der Waals surface area (Å²) < 4.78 is 10.8. The molecule has 0 atom stereocenters. The second kappa shape index (κ2) is 12.7. The first-order valence-corrected chi connectivity index (χ1v) is 21.7. The minimum Gasteiger partial charge on any atom is -0.455 e. The fraction of sp³-hybridized carbons (Fsp3) is 0. The van der Waals surface area contributed by atoms with Crippen LogP contribution in [0.15, 0.2) is 199 Å². The molecular formula is C56H32OS2. The van der Waals surface area contributed by atoms with E-state index in [1.54, 1.807) is 0 Å². The lowest BCUT2D eigenvalue weighted by Gasteiger charge is -2.18. The molecule has 0 N–H and O–H groups in total. The summed E-state index contributed by atoms with van der Waals surface area (Å²) in [4.78, 5) is 1.31. The molecule has 0 saturated carbocycles. The van der Waals surface area contributed by atoms with Crippen LogP contribution in [0.3, 0.4) is 0 Å². The second-order valence-corrected chi connectivity index (χ2v) is 17.6. The van der Waals surface area contributed by atoms with Crippen LogP contribution >= 0.6 is 22.7 Å². The third-order valence-electron chi connectivity index (χ3n) is 12.3. The van der Waals surface area contributed by atoms with Crippen LogP contribution in [-0.4, -0.2) is 0 Å². The highest BCUT2D eigenvalue weighted by Crippen LogP contribution is 2.52. The van der Waals surface area contributed by atoms with Gasteiger partial charge in [0.25, 0.3) is 0 Å². The van der Waals surface area contributed by atoms with Crippen LogP contribution in [0.2, 0.25) is 0 Å². The number of thiophene rings is 2. The van der Waals surface area contributed by atoms with Gasteiger partial charge in [0.2, 0.25) is 0 Å². The average Bonchev–Trinajstić information content (AvgIpc) is 4.00. The molecule has 59 heavy (non-hydrogen) atoms. The van der Waals surface area contributed by atoms with Gasteiger partial charge in [0, 0.05) is 62.6 Å². The first-order chi connectivity index (χ1) is 29.3. The molecule has 0 radical (unpaired) electrons. The summed E-state index contributed by atoms with van der Waals surface area (Å²) >= 11 is 3.82. The molecular weight excluding hydrogens is 753 g/mol. The first-order valence-electron chi connectivity index (χ1n) is 20.1. The Morgan fingerprint density at radius 3 is 1.71 bits per heavy atom. The number of benzene rings is 10. The summed E-state index contributed by atoms with van der Waals surface area (Å²) in [5, 5.41) is 13.6. The molecule has 0 amide bonds. The quantitative estimate of drug-likeness (QED) is 0.162. The van der Waals surface area contributed by atoms with Gasteiger partial charge in [0.1, 0.15) is 11.2 Å². The van der Waals surface area contributed by atoms with Crippen molar-refractivity contribution >= 4 is 107 Å². The predicted molar refractivity (Wildman–Crippen MR) is 256 cm³/mol. The largest absolute Gasteiger partial charge is 0.455 e. The monoisotopic (exact) mass is 784 g/mol. The summed E-state index contributed by atoms with van der Waals surface area (Å²) in [5.41, 5.74) is 10.5. The van der Waals surface area contributed by atoms with E-state index in [4.69, 9.17) is 4.42 Å². The number of rotatable bonds is 4. The van der Waals surface area contributed by atoms with Crippen molar-refractivity contribution in [2.45, 2.75) is 0 Å². The van der Waals surface area contributed by atoms with Gasteiger partial charge in [0.15, 0.2) is 0 Å². The Kier molecular flexibility index (Phi) is 7.12. The minimum absolute atomic E-state index is 0.916. The summed E-state index contributed by atoms with van der Waals surface area (Å²) in [6, 6.07) is 71.1. The molecule has 0 aliphatic carbocycles. The van der Waals surface area contributed by atoms with Crippen molar-refractivity contribution in [1.82, 2.24) is 0 Å². The van der Waals surface area contributed by atoms with Gasteiger partial charge in [0.05, 0.1) is 0 Å². The molecule has 0 aliphatic rings. The molecule has 1 nitrogen and oxygen atoms in total. The van der Waals surface area contributed by atoms with Crippen LogP contribution in [0.1, 0.15) is 0 Å². The number of furan rings is 1. The van der Waals surface area contributed by atoms with Crippen molar-refractivity contribution in [3.05, 3.63) is 194 Å². The second-order valence-electron chi connectivity index (χ2n) is 15.5. The summed E-state index contributed by atoms with van der Waals surface area (Å²) in [5.74, 6) is 0. The van der Waals surface area contributed by atoms with Gasteiger partial charge in [-0.25, -0.2) is 0 Å². The Morgan fingerprint density at radius 2 is 0.966 bits per heavy atom. The lowest BCUT2D eigenvalue weighted by Crippen LogP contribution is -1.91. The predicted octanol–water partition coefficient (Wildman–Crippen LogP) is 17.3. The summed E-state index contributed by atoms with van der Waals surface area (Å²) in [6.45, 7) is 0. The van der Waals surface area contributed by atoms with Crippen LogP contribution in [0.5, 0.6) is 0 Å². The Labute approximate surface area is 347 Å². The Morgan fingerprint density at radius 1 is 0.339 bits per heavy atom. The summed E-state index contributed by atoms with van der Waals surface area (Å²) in [6.07, 6.45) is 0. The molecule has 13 rings (SSSR count). The highest BCUT2D eigenvalue weighted by molar-refractivity contribution is 7.28. The van der Waals surface area contributed by atoms with Gasteiger partial charge in [-0.2, -0.15) is 0 Å². The molecule has 10 aromatic carbocycles. The van der Waals surface area contributed by atoms with Gasteiger partial charge in [-0.3, -0.25) is 0 Å². The standard InChI is InChI=1S/C56H32OS2/c1-3-15-34(16-4-1)50-44-28-31-48-53(56(44)59-55(50)35-17-5-2-6-18-35)45-32-36(27-30-47(45)58-48)49-38-20-9-11-22-40(38)51(41-23-12-10-21-39(41)49)42-24-13-25-43-52-37-19-8-7-14-33(37)26-29-46(52)57-54(42)43/h1-32H. The van der Waals surface area contributed by atoms with E-state index in [9.17, 15) is 0 Å². The average molecular weight is 785 g/mol. The van der Waals surface area contributed by atoms with Crippen molar-refractivity contribution in [2.24, 2.45) is 0 Å². The van der Waals surface area contributed by atoms with Gasteiger partial charge in [-0.05, 0) is 78.8 Å². The van der Waals surface area contributed by atoms with Crippen molar-refractivity contribution in [1.29, 1.82) is 0 Å². The van der Waals surface area contributed by atoms with E-state index in [1.807, 2.05) is 22.7 Å². The van der Waals surface area contributed by atoms with Crippen LogP contribution in [0.25, 0.3) is 128 Å². The van der Waals surface area contributed by atoms with Crippen molar-refractivity contribution in [2.75, 3.05) is 0 Å². The van der Waals surface area contributed by atoms with Crippen LogP contribution < -0.4 is 0 Å². The molecule has 0 fully saturated rings. The molecule has 0 spiro atoms. The van der Waals surface area contributed by atoms with Crippen molar-refractivity contribution < 1.29 is 4.42 Å². The van der Waals surface area contributed by atoms with E-state index in [0.717, 1.165) is 22.1 Å². The molecule has 3 heterocycles. The number of para-hydroxylation sites is 1. The highest BCUT2D eigenvalue weighted by atomic mass is 32.1. The zero-order chi connectivity index (χ0) is 38.6. The Hall–Kier alpha value is -7.04. The van der Waals surface area contributed by atoms with Gasteiger partial charge in [-0.15, -0.1) is 22.7 Å². The molecule has 0 aliphatic heterocycles. The highest BCUT2D eigenvalue weighted by Gasteiger charge is 2.23. The first kappa shape index (κ1) is 33.0. The van der Waals surface area contributed by atoms with Crippen molar-refractivity contribution in [3.8, 4) is 43.8 Å². The van der Waals surface area contributed by atoms with Crippen LogP contribution in [0, 0.1) is 0 Å². The number of fused-ring (bicyclic) bond motifs is 12. The molecule has 3 heteroatoms. The van der Waals surface area contributed by atoms with E-state index in [0.29, 0.717) is 0 Å². The van der Waals surface area contributed by atoms with Crippen molar-refractivity contribution in [3.63, 3.8) is 0 Å². The van der Waals surface area contributed by atoms with Crippen LogP contribution in [-0.2, 0) is 0 Å². The lowest BCUT2D eigenvalue weighted by molar-refractivity contribution is 0.670. The molecule has 0 saturated heterocycles. The lowest BCUT2D eigenvalue weighted by atomic mass is 9.85. The van der Waals surface area contributed by atoms with Gasteiger partial charge >= 0.3 is 0 Å².